The van der Waals surface area contributed by atoms with Crippen LogP contribution in [0.3, 0.4) is 0 Å². The number of benzene rings is 2. The number of aromatic nitrogens is 1. The van der Waals surface area contributed by atoms with E-state index < -0.39 is 0 Å². The third kappa shape index (κ3) is 4.03. The minimum atomic E-state index is -0.363. The second-order valence-electron chi connectivity index (χ2n) is 7.44. The number of pyridine rings is 1. The Labute approximate surface area is 185 Å². The number of amides is 2. The molecule has 0 saturated carbocycles. The Balaban J connectivity index is 1.69. The summed E-state index contributed by atoms with van der Waals surface area (Å²) in [6, 6.07) is 14.2. The molecule has 0 N–H and O–H groups in total. The first-order valence-electron chi connectivity index (χ1n) is 10.5. The van der Waals surface area contributed by atoms with Gasteiger partial charge in [0.05, 0.1) is 19.3 Å². The minimum absolute atomic E-state index is 0.174. The Morgan fingerprint density at radius 3 is 2.16 bits per heavy atom. The van der Waals surface area contributed by atoms with Crippen molar-refractivity contribution in [1.82, 2.24) is 14.4 Å². The molecular weight excluding hydrogens is 410 g/mol. The molecular formula is C24H25N3O5. The van der Waals surface area contributed by atoms with E-state index in [0.29, 0.717) is 60.6 Å². The second-order valence-corrected chi connectivity index (χ2v) is 7.44. The van der Waals surface area contributed by atoms with Crippen molar-refractivity contribution in [2.75, 3.05) is 39.9 Å². The molecule has 3 aromatic rings. The van der Waals surface area contributed by atoms with Crippen LogP contribution in [0, 0.1) is 0 Å². The Kier molecular flexibility index (Phi) is 6.11. The maximum absolute atomic E-state index is 13.5. The molecule has 2 aromatic carbocycles. The number of piperazine rings is 1. The molecule has 1 aliphatic heterocycles. The highest BCUT2D eigenvalue weighted by atomic mass is 16.6. The Morgan fingerprint density at radius 2 is 1.53 bits per heavy atom. The predicted octanol–water partition coefficient (Wildman–Crippen LogP) is 2.91. The van der Waals surface area contributed by atoms with E-state index in [0.717, 1.165) is 0 Å². The van der Waals surface area contributed by atoms with Crippen molar-refractivity contribution >= 4 is 22.8 Å². The number of hydrogen-bond donors (Lipinski definition) is 0. The Hall–Kier alpha value is -3.81. The van der Waals surface area contributed by atoms with Gasteiger partial charge in [-0.15, -0.1) is 0 Å². The van der Waals surface area contributed by atoms with Gasteiger partial charge >= 0.3 is 6.09 Å². The second kappa shape index (κ2) is 9.13. The van der Waals surface area contributed by atoms with Crippen molar-refractivity contribution in [3.8, 4) is 11.4 Å². The lowest BCUT2D eigenvalue weighted by atomic mass is 10.1. The van der Waals surface area contributed by atoms with Gasteiger partial charge in [0.2, 0.25) is 0 Å². The first-order valence-corrected chi connectivity index (χ1v) is 10.5. The highest BCUT2D eigenvalue weighted by Crippen LogP contribution is 2.21. The molecule has 1 aromatic heterocycles. The maximum atomic E-state index is 13.5. The van der Waals surface area contributed by atoms with Crippen LogP contribution in [0.25, 0.3) is 16.5 Å². The zero-order chi connectivity index (χ0) is 22.7. The van der Waals surface area contributed by atoms with Crippen LogP contribution in [0.15, 0.2) is 59.5 Å². The Morgan fingerprint density at radius 1 is 0.906 bits per heavy atom. The normalized spacial score (nSPS) is 13.8. The van der Waals surface area contributed by atoms with Crippen LogP contribution in [0.5, 0.6) is 5.75 Å². The van der Waals surface area contributed by atoms with E-state index in [2.05, 4.69) is 0 Å². The van der Waals surface area contributed by atoms with E-state index in [1.165, 1.54) is 4.57 Å². The molecule has 8 nitrogen and oxygen atoms in total. The van der Waals surface area contributed by atoms with Gasteiger partial charge < -0.3 is 19.3 Å². The third-order valence-electron chi connectivity index (χ3n) is 5.60. The summed E-state index contributed by atoms with van der Waals surface area (Å²) in [5, 5.41) is 1.08. The molecule has 2 amide bonds. The van der Waals surface area contributed by atoms with Crippen molar-refractivity contribution in [1.29, 1.82) is 0 Å². The molecule has 2 heterocycles. The predicted molar refractivity (Wildman–Crippen MR) is 121 cm³/mol. The van der Waals surface area contributed by atoms with Crippen molar-refractivity contribution in [3.63, 3.8) is 0 Å². The lowest BCUT2D eigenvalue weighted by molar-refractivity contribution is 0.0571. The van der Waals surface area contributed by atoms with Crippen molar-refractivity contribution < 1.29 is 19.1 Å². The van der Waals surface area contributed by atoms with Gasteiger partial charge in [-0.1, -0.05) is 18.2 Å². The summed E-state index contributed by atoms with van der Waals surface area (Å²) < 4.78 is 11.7. The summed E-state index contributed by atoms with van der Waals surface area (Å²) in [4.78, 5) is 41.9. The van der Waals surface area contributed by atoms with Crippen molar-refractivity contribution in [2.45, 2.75) is 6.92 Å². The Bertz CT molecular complexity index is 1190. The molecule has 0 bridgehead atoms. The quantitative estimate of drug-likeness (QED) is 0.630. The van der Waals surface area contributed by atoms with Gasteiger partial charge in [-0.25, -0.2) is 4.79 Å². The summed E-state index contributed by atoms with van der Waals surface area (Å²) >= 11 is 0. The number of nitrogens with zero attached hydrogens (tertiary/aromatic N) is 3. The average molecular weight is 435 g/mol. The molecule has 0 atom stereocenters. The third-order valence-corrected chi connectivity index (χ3v) is 5.60. The van der Waals surface area contributed by atoms with Crippen LogP contribution in [-0.2, 0) is 4.74 Å². The highest BCUT2D eigenvalue weighted by molar-refractivity contribution is 6.06. The van der Waals surface area contributed by atoms with Crippen LogP contribution in [0.2, 0.25) is 0 Å². The zero-order valence-electron chi connectivity index (χ0n) is 18.1. The standard InChI is InChI=1S/C24H25N3O5/c1-3-32-24(30)26-14-12-25(13-15-26)22(28)21-16-27(17-8-10-18(31-2)11-9-17)23(29)20-7-5-4-6-19(20)21/h4-11,16H,3,12-15H2,1-2H3. The molecule has 1 saturated heterocycles. The van der Waals surface area contributed by atoms with E-state index in [-0.39, 0.29) is 17.6 Å². The number of methoxy groups -OCH3 is 1. The largest absolute Gasteiger partial charge is 0.497 e. The number of hydrogen-bond acceptors (Lipinski definition) is 5. The summed E-state index contributed by atoms with van der Waals surface area (Å²) in [6.45, 7) is 3.68. The van der Waals surface area contributed by atoms with Crippen LogP contribution >= 0.6 is 0 Å². The number of carbonyl (C=O) groups excluding carboxylic acids is 2. The van der Waals surface area contributed by atoms with Crippen LogP contribution in [-0.4, -0.2) is 66.3 Å². The van der Waals surface area contributed by atoms with E-state index in [4.69, 9.17) is 9.47 Å². The minimum Gasteiger partial charge on any atom is -0.497 e. The summed E-state index contributed by atoms with van der Waals surface area (Å²) in [6.07, 6.45) is 1.24. The van der Waals surface area contributed by atoms with Crippen LogP contribution in [0.4, 0.5) is 4.79 Å². The van der Waals surface area contributed by atoms with Crippen molar-refractivity contribution in [3.05, 3.63) is 70.6 Å². The molecule has 0 aliphatic carbocycles. The van der Waals surface area contributed by atoms with Crippen molar-refractivity contribution in [2.24, 2.45) is 0 Å². The zero-order valence-corrected chi connectivity index (χ0v) is 18.1. The number of carbonyl (C=O) groups is 2. The topological polar surface area (TPSA) is 81.1 Å². The molecule has 4 rings (SSSR count). The molecule has 0 spiro atoms. The summed E-state index contributed by atoms with van der Waals surface area (Å²) in [7, 11) is 1.58. The van der Waals surface area contributed by atoms with Gasteiger partial charge in [-0.3, -0.25) is 14.2 Å². The molecule has 32 heavy (non-hydrogen) atoms. The summed E-state index contributed by atoms with van der Waals surface area (Å²) in [5.74, 6) is 0.505. The smallest absolute Gasteiger partial charge is 0.409 e. The fraction of sp³-hybridized carbons (Fsp3) is 0.292. The summed E-state index contributed by atoms with van der Waals surface area (Å²) in [5.41, 5.74) is 0.887. The number of ether oxygens (including phenoxy) is 2. The molecule has 1 aliphatic rings. The van der Waals surface area contributed by atoms with Gasteiger partial charge in [0.25, 0.3) is 11.5 Å². The molecule has 0 radical (unpaired) electrons. The first kappa shape index (κ1) is 21.4. The highest BCUT2D eigenvalue weighted by Gasteiger charge is 2.27. The lowest BCUT2D eigenvalue weighted by Crippen LogP contribution is -2.50. The van der Waals surface area contributed by atoms with E-state index >= 15 is 0 Å². The SMILES string of the molecule is CCOC(=O)N1CCN(C(=O)c2cn(-c3ccc(OC)cc3)c(=O)c3ccccc23)CC1. The molecule has 166 valence electrons. The molecule has 0 unspecified atom stereocenters. The van der Waals surface area contributed by atoms with Crippen LogP contribution < -0.4 is 10.3 Å². The van der Waals surface area contributed by atoms with Gasteiger partial charge in [0, 0.05) is 48.8 Å². The van der Waals surface area contributed by atoms with Gasteiger partial charge in [-0.05, 0) is 37.3 Å². The van der Waals surface area contributed by atoms with Gasteiger partial charge in [0.15, 0.2) is 0 Å². The molecule has 1 fully saturated rings. The first-order chi connectivity index (χ1) is 15.5. The van der Waals surface area contributed by atoms with E-state index in [1.54, 1.807) is 72.5 Å². The lowest BCUT2D eigenvalue weighted by Gasteiger charge is -2.34. The number of rotatable bonds is 4. The monoisotopic (exact) mass is 435 g/mol. The van der Waals surface area contributed by atoms with Gasteiger partial charge in [0.1, 0.15) is 5.75 Å². The molecule has 8 heteroatoms. The average Bonchev–Trinajstić information content (AvgIpc) is 2.84. The maximum Gasteiger partial charge on any atom is 0.409 e. The van der Waals surface area contributed by atoms with Crippen LogP contribution in [0.1, 0.15) is 17.3 Å². The van der Waals surface area contributed by atoms with E-state index in [9.17, 15) is 14.4 Å². The van der Waals surface area contributed by atoms with Gasteiger partial charge in [-0.2, -0.15) is 0 Å². The fourth-order valence-corrected chi connectivity index (χ4v) is 3.87. The van der Waals surface area contributed by atoms with E-state index in [1.807, 2.05) is 6.07 Å². The fourth-order valence-electron chi connectivity index (χ4n) is 3.87. The number of fused-ring (bicyclic) bond motifs is 1.